The molecule has 0 aliphatic carbocycles. The fourth-order valence-corrected chi connectivity index (χ4v) is 1.87. The van der Waals surface area contributed by atoms with Gasteiger partial charge in [0, 0.05) is 37.8 Å². The molecule has 2 rings (SSSR count). The maximum atomic E-state index is 4.38. The van der Waals surface area contributed by atoms with Gasteiger partial charge in [-0.1, -0.05) is 6.92 Å². The molecule has 4 heteroatoms. The summed E-state index contributed by atoms with van der Waals surface area (Å²) < 4.78 is 4.34. The van der Waals surface area contributed by atoms with Crippen molar-refractivity contribution in [2.24, 2.45) is 0 Å². The van der Waals surface area contributed by atoms with Gasteiger partial charge in [-0.15, -0.1) is 0 Å². The predicted octanol–water partition coefficient (Wildman–Crippen LogP) is 2.10. The minimum atomic E-state index is 0.816. The molecule has 4 nitrogen and oxygen atoms in total. The zero-order valence-corrected chi connectivity index (χ0v) is 9.93. The van der Waals surface area contributed by atoms with Crippen molar-refractivity contribution >= 4 is 0 Å². The predicted molar refractivity (Wildman–Crippen MR) is 63.2 cm³/mol. The fourth-order valence-electron chi connectivity index (χ4n) is 1.87. The first-order valence-electron chi connectivity index (χ1n) is 5.85. The normalized spacial score (nSPS) is 10.9. The third kappa shape index (κ3) is 2.15. The molecule has 0 aliphatic rings. The van der Waals surface area contributed by atoms with Crippen LogP contribution >= 0.6 is 0 Å². The van der Waals surface area contributed by atoms with Crippen molar-refractivity contribution in [1.82, 2.24) is 19.1 Å². The zero-order valence-electron chi connectivity index (χ0n) is 9.93. The van der Waals surface area contributed by atoms with Gasteiger partial charge in [0.05, 0.1) is 6.54 Å². The lowest BCUT2D eigenvalue weighted by Crippen LogP contribution is -2.09. The molecule has 2 aromatic rings. The highest BCUT2D eigenvalue weighted by atomic mass is 15.1. The van der Waals surface area contributed by atoms with E-state index in [1.54, 1.807) is 0 Å². The molecule has 0 aliphatic heterocycles. The van der Waals surface area contributed by atoms with E-state index in [4.69, 9.17) is 0 Å². The van der Waals surface area contributed by atoms with Gasteiger partial charge in [-0.05, 0) is 13.3 Å². The molecule has 0 unspecified atom stereocenters. The molecular weight excluding hydrogens is 200 g/mol. The van der Waals surface area contributed by atoms with Crippen molar-refractivity contribution in [1.29, 1.82) is 0 Å². The summed E-state index contributed by atoms with van der Waals surface area (Å²) in [6, 6.07) is 0. The van der Waals surface area contributed by atoms with Crippen LogP contribution in [0.3, 0.4) is 0 Å². The maximum absolute atomic E-state index is 4.38. The second kappa shape index (κ2) is 4.96. The lowest BCUT2D eigenvalue weighted by atomic mass is 10.3. The molecule has 0 aromatic carbocycles. The van der Waals surface area contributed by atoms with Crippen LogP contribution in [0.5, 0.6) is 0 Å². The van der Waals surface area contributed by atoms with Crippen LogP contribution in [0.4, 0.5) is 0 Å². The summed E-state index contributed by atoms with van der Waals surface area (Å²) in [6.07, 6.45) is 9.92. The van der Waals surface area contributed by atoms with Crippen molar-refractivity contribution in [3.63, 3.8) is 0 Å². The van der Waals surface area contributed by atoms with E-state index in [-0.39, 0.29) is 0 Å². The molecule has 0 radical (unpaired) electrons. The molecular formula is C12H18N4. The summed E-state index contributed by atoms with van der Waals surface area (Å²) in [6.45, 7) is 6.08. The van der Waals surface area contributed by atoms with Crippen LogP contribution in [0.25, 0.3) is 0 Å². The van der Waals surface area contributed by atoms with Gasteiger partial charge in [-0.25, -0.2) is 9.97 Å². The van der Waals surface area contributed by atoms with Crippen LogP contribution in [-0.4, -0.2) is 19.1 Å². The standard InChI is InChI=1S/C12H18N4/c1-3-5-11-13-7-9-16(11)10-12-14-6-8-15(12)4-2/h6-9H,3-5,10H2,1-2H3. The van der Waals surface area contributed by atoms with E-state index >= 15 is 0 Å². The molecule has 0 amide bonds. The number of hydrogen-bond donors (Lipinski definition) is 0. The molecule has 0 saturated carbocycles. The van der Waals surface area contributed by atoms with Gasteiger partial charge in [0.15, 0.2) is 0 Å². The SMILES string of the molecule is CCCc1nccn1Cc1nccn1CC. The highest BCUT2D eigenvalue weighted by Gasteiger charge is 2.06. The first-order valence-corrected chi connectivity index (χ1v) is 5.85. The van der Waals surface area contributed by atoms with E-state index in [1.807, 2.05) is 24.8 Å². The van der Waals surface area contributed by atoms with Gasteiger partial charge in [-0.3, -0.25) is 0 Å². The highest BCUT2D eigenvalue weighted by Crippen LogP contribution is 2.06. The quantitative estimate of drug-likeness (QED) is 0.770. The topological polar surface area (TPSA) is 35.6 Å². The van der Waals surface area contributed by atoms with Crippen molar-refractivity contribution in [3.8, 4) is 0 Å². The summed E-state index contributed by atoms with van der Waals surface area (Å²) in [7, 11) is 0. The Bertz CT molecular complexity index is 441. The number of aryl methyl sites for hydroxylation is 2. The Balaban J connectivity index is 2.17. The van der Waals surface area contributed by atoms with Crippen molar-refractivity contribution in [2.45, 2.75) is 39.8 Å². The Morgan fingerprint density at radius 1 is 1.00 bits per heavy atom. The Labute approximate surface area is 96.0 Å². The van der Waals surface area contributed by atoms with E-state index in [0.717, 1.165) is 37.6 Å². The van der Waals surface area contributed by atoms with E-state index in [2.05, 4.69) is 32.9 Å². The fraction of sp³-hybridized carbons (Fsp3) is 0.500. The van der Waals surface area contributed by atoms with E-state index in [1.165, 1.54) is 0 Å². The highest BCUT2D eigenvalue weighted by molar-refractivity contribution is 4.99. The van der Waals surface area contributed by atoms with Gasteiger partial charge in [-0.2, -0.15) is 0 Å². The largest absolute Gasteiger partial charge is 0.334 e. The molecule has 0 spiro atoms. The van der Waals surface area contributed by atoms with Crippen molar-refractivity contribution < 1.29 is 0 Å². The van der Waals surface area contributed by atoms with Crippen LogP contribution in [0.1, 0.15) is 31.9 Å². The summed E-state index contributed by atoms with van der Waals surface area (Å²) >= 11 is 0. The molecule has 0 N–H and O–H groups in total. The van der Waals surface area contributed by atoms with Crippen LogP contribution in [-0.2, 0) is 19.5 Å². The Kier molecular flexibility index (Phi) is 3.39. The third-order valence-corrected chi connectivity index (χ3v) is 2.73. The van der Waals surface area contributed by atoms with Gasteiger partial charge >= 0.3 is 0 Å². The molecule has 0 saturated heterocycles. The summed E-state index contributed by atoms with van der Waals surface area (Å²) in [5.74, 6) is 2.24. The average molecular weight is 218 g/mol. The second-order valence-electron chi connectivity index (χ2n) is 3.85. The smallest absolute Gasteiger partial charge is 0.128 e. The van der Waals surface area contributed by atoms with Gasteiger partial charge in [0.25, 0.3) is 0 Å². The Morgan fingerprint density at radius 2 is 1.69 bits per heavy atom. The second-order valence-corrected chi connectivity index (χ2v) is 3.85. The lowest BCUT2D eigenvalue weighted by molar-refractivity contribution is 0.626. The maximum Gasteiger partial charge on any atom is 0.128 e. The minimum Gasteiger partial charge on any atom is -0.334 e. The average Bonchev–Trinajstić information content (AvgIpc) is 2.89. The molecule has 16 heavy (non-hydrogen) atoms. The zero-order chi connectivity index (χ0) is 11.4. The lowest BCUT2D eigenvalue weighted by Gasteiger charge is -2.08. The van der Waals surface area contributed by atoms with E-state index in [0.29, 0.717) is 0 Å². The van der Waals surface area contributed by atoms with Crippen molar-refractivity contribution in [3.05, 3.63) is 36.4 Å². The summed E-state index contributed by atoms with van der Waals surface area (Å²) in [4.78, 5) is 8.75. The third-order valence-electron chi connectivity index (χ3n) is 2.73. The van der Waals surface area contributed by atoms with Crippen LogP contribution < -0.4 is 0 Å². The number of imidazole rings is 2. The van der Waals surface area contributed by atoms with Gasteiger partial charge in [0.2, 0.25) is 0 Å². The number of hydrogen-bond acceptors (Lipinski definition) is 2. The summed E-state index contributed by atoms with van der Waals surface area (Å²) in [5.41, 5.74) is 0. The molecule has 0 fully saturated rings. The van der Waals surface area contributed by atoms with Crippen molar-refractivity contribution in [2.75, 3.05) is 0 Å². The van der Waals surface area contributed by atoms with Crippen LogP contribution in [0, 0.1) is 0 Å². The van der Waals surface area contributed by atoms with Gasteiger partial charge < -0.3 is 9.13 Å². The van der Waals surface area contributed by atoms with E-state index < -0.39 is 0 Å². The molecule has 86 valence electrons. The van der Waals surface area contributed by atoms with Gasteiger partial charge in [0.1, 0.15) is 11.6 Å². The number of rotatable bonds is 5. The monoisotopic (exact) mass is 218 g/mol. The number of nitrogens with zero attached hydrogens (tertiary/aromatic N) is 4. The molecule has 0 atom stereocenters. The Hall–Kier alpha value is -1.58. The molecule has 2 heterocycles. The first kappa shape index (κ1) is 10.9. The van der Waals surface area contributed by atoms with E-state index in [9.17, 15) is 0 Å². The first-order chi connectivity index (χ1) is 7.85. The van der Waals surface area contributed by atoms with Crippen LogP contribution in [0.2, 0.25) is 0 Å². The minimum absolute atomic E-state index is 0.816. The molecule has 2 aromatic heterocycles. The Morgan fingerprint density at radius 3 is 2.38 bits per heavy atom. The summed E-state index contributed by atoms with van der Waals surface area (Å²) in [5, 5.41) is 0. The molecule has 0 bridgehead atoms. The van der Waals surface area contributed by atoms with Crippen LogP contribution in [0.15, 0.2) is 24.8 Å². The number of aromatic nitrogens is 4.